The Kier molecular flexibility index (Phi) is 5.61. The smallest absolute Gasteiger partial charge is 0.244 e. The highest BCUT2D eigenvalue weighted by Crippen LogP contribution is 2.28. The minimum absolute atomic E-state index is 0.0717. The van der Waals surface area contributed by atoms with Gasteiger partial charge in [0.05, 0.1) is 10.6 Å². The number of carbonyl (C=O) groups is 1. The zero-order valence-electron chi connectivity index (χ0n) is 16.9. The van der Waals surface area contributed by atoms with Gasteiger partial charge in [0, 0.05) is 22.8 Å². The maximum Gasteiger partial charge on any atom is 0.244 e. The molecular weight excluding hydrogens is 415 g/mol. The van der Waals surface area contributed by atoms with Crippen molar-refractivity contribution in [2.75, 3.05) is 5.32 Å². The van der Waals surface area contributed by atoms with Crippen LogP contribution >= 0.6 is 0 Å². The molecule has 7 heteroatoms. The average Bonchev–Trinajstić information content (AvgIpc) is 3.11. The molecule has 158 valence electrons. The molecule has 1 N–H and O–H groups in total. The van der Waals surface area contributed by atoms with E-state index in [0.29, 0.717) is 16.6 Å². The summed E-state index contributed by atoms with van der Waals surface area (Å²) >= 11 is 0. The number of nitrogens with zero attached hydrogens (tertiary/aromatic N) is 1. The van der Waals surface area contributed by atoms with Gasteiger partial charge in [-0.05, 0) is 48.4 Å². The second kappa shape index (κ2) is 8.35. The van der Waals surface area contributed by atoms with Crippen molar-refractivity contribution in [1.82, 2.24) is 4.57 Å². The summed E-state index contributed by atoms with van der Waals surface area (Å²) in [4.78, 5) is 12.7. The SMILES string of the molecule is Cc1ccccc1CS(=O)(=O)c1cn(CC(=O)Nc2ccc(F)cc2)c2ccccc12. The zero-order valence-corrected chi connectivity index (χ0v) is 17.7. The topological polar surface area (TPSA) is 68.2 Å². The number of aromatic nitrogens is 1. The van der Waals surface area contributed by atoms with E-state index >= 15 is 0 Å². The minimum Gasteiger partial charge on any atom is -0.337 e. The number of fused-ring (bicyclic) bond motifs is 1. The number of aryl methyl sites for hydroxylation is 1. The van der Waals surface area contributed by atoms with Gasteiger partial charge in [-0.15, -0.1) is 0 Å². The van der Waals surface area contributed by atoms with Crippen molar-refractivity contribution in [3.8, 4) is 0 Å². The second-order valence-electron chi connectivity index (χ2n) is 7.38. The van der Waals surface area contributed by atoms with Crippen LogP contribution < -0.4 is 5.32 Å². The Morgan fingerprint density at radius 2 is 1.65 bits per heavy atom. The van der Waals surface area contributed by atoms with Crippen LogP contribution in [0.5, 0.6) is 0 Å². The van der Waals surface area contributed by atoms with Crippen LogP contribution in [-0.4, -0.2) is 18.9 Å². The van der Waals surface area contributed by atoms with E-state index in [0.717, 1.165) is 11.1 Å². The van der Waals surface area contributed by atoms with Gasteiger partial charge in [0.15, 0.2) is 9.84 Å². The van der Waals surface area contributed by atoms with E-state index in [9.17, 15) is 17.6 Å². The van der Waals surface area contributed by atoms with Gasteiger partial charge < -0.3 is 9.88 Å². The number of hydrogen-bond donors (Lipinski definition) is 1. The van der Waals surface area contributed by atoms with E-state index in [1.165, 1.54) is 30.5 Å². The number of nitrogens with one attached hydrogen (secondary N) is 1. The normalized spacial score (nSPS) is 11.5. The Bertz CT molecular complexity index is 1360. The lowest BCUT2D eigenvalue weighted by Gasteiger charge is -2.07. The molecule has 1 amide bonds. The van der Waals surface area contributed by atoms with E-state index in [1.807, 2.05) is 31.2 Å². The van der Waals surface area contributed by atoms with Crippen molar-refractivity contribution in [1.29, 1.82) is 0 Å². The van der Waals surface area contributed by atoms with Crippen molar-refractivity contribution < 1.29 is 17.6 Å². The standard InChI is InChI=1S/C24H21FN2O3S/c1-17-6-2-3-7-18(17)16-31(29,30)23-14-27(22-9-5-4-8-21(22)23)15-24(28)26-20-12-10-19(25)11-13-20/h2-14H,15-16H2,1H3,(H,26,28). The fourth-order valence-corrected chi connectivity index (χ4v) is 5.22. The van der Waals surface area contributed by atoms with Gasteiger partial charge in [-0.3, -0.25) is 4.79 Å². The monoisotopic (exact) mass is 436 g/mol. The Morgan fingerprint density at radius 1 is 0.968 bits per heavy atom. The predicted octanol–water partition coefficient (Wildman–Crippen LogP) is 4.70. The number of benzene rings is 3. The van der Waals surface area contributed by atoms with Gasteiger partial charge in [-0.2, -0.15) is 0 Å². The molecule has 0 radical (unpaired) electrons. The van der Waals surface area contributed by atoms with Crippen LogP contribution in [-0.2, 0) is 26.9 Å². The summed E-state index contributed by atoms with van der Waals surface area (Å²) in [5.41, 5.74) is 2.78. The molecule has 0 saturated heterocycles. The number of carbonyl (C=O) groups excluding carboxylic acids is 1. The first-order valence-corrected chi connectivity index (χ1v) is 11.4. The first-order chi connectivity index (χ1) is 14.8. The number of halogens is 1. The van der Waals surface area contributed by atoms with Crippen LogP contribution in [0.25, 0.3) is 10.9 Å². The van der Waals surface area contributed by atoms with Crippen molar-refractivity contribution in [3.05, 3.63) is 95.9 Å². The van der Waals surface area contributed by atoms with Crippen LogP contribution in [0.1, 0.15) is 11.1 Å². The summed E-state index contributed by atoms with van der Waals surface area (Å²) in [7, 11) is -3.64. The number of amides is 1. The fraction of sp³-hybridized carbons (Fsp3) is 0.125. The lowest BCUT2D eigenvalue weighted by Crippen LogP contribution is -2.18. The van der Waals surface area contributed by atoms with Gasteiger partial charge in [-0.1, -0.05) is 42.5 Å². The van der Waals surface area contributed by atoms with E-state index in [2.05, 4.69) is 5.32 Å². The van der Waals surface area contributed by atoms with Gasteiger partial charge in [-0.25, -0.2) is 12.8 Å². The molecule has 3 aromatic carbocycles. The maximum atomic E-state index is 13.2. The highest BCUT2D eigenvalue weighted by Gasteiger charge is 2.23. The lowest BCUT2D eigenvalue weighted by molar-refractivity contribution is -0.116. The third-order valence-corrected chi connectivity index (χ3v) is 6.82. The molecule has 4 aromatic rings. The molecule has 0 aliphatic carbocycles. The molecule has 0 saturated carbocycles. The summed E-state index contributed by atoms with van der Waals surface area (Å²) in [6.45, 7) is 1.81. The number of sulfone groups is 1. The Hall–Kier alpha value is -3.45. The molecule has 0 aliphatic rings. The first-order valence-electron chi connectivity index (χ1n) is 9.74. The highest BCUT2D eigenvalue weighted by atomic mass is 32.2. The zero-order chi connectivity index (χ0) is 22.0. The van der Waals surface area contributed by atoms with Crippen molar-refractivity contribution in [2.45, 2.75) is 24.1 Å². The van der Waals surface area contributed by atoms with Crippen LogP contribution in [0.2, 0.25) is 0 Å². The molecule has 4 rings (SSSR count). The minimum atomic E-state index is -3.64. The molecule has 1 aromatic heterocycles. The summed E-state index contributed by atoms with van der Waals surface area (Å²) in [5, 5.41) is 3.28. The van der Waals surface area contributed by atoms with E-state index in [1.54, 1.807) is 28.8 Å². The number of rotatable bonds is 6. The average molecular weight is 437 g/mol. The number of para-hydroxylation sites is 1. The summed E-state index contributed by atoms with van der Waals surface area (Å²) in [6, 6.07) is 20.0. The molecule has 0 aliphatic heterocycles. The van der Waals surface area contributed by atoms with E-state index < -0.39 is 15.7 Å². The predicted molar refractivity (Wildman–Crippen MR) is 119 cm³/mol. The largest absolute Gasteiger partial charge is 0.337 e. The second-order valence-corrected chi connectivity index (χ2v) is 9.34. The molecule has 0 spiro atoms. The van der Waals surface area contributed by atoms with Gasteiger partial charge in [0.2, 0.25) is 5.91 Å². The molecule has 0 unspecified atom stereocenters. The maximum absolute atomic E-state index is 13.2. The summed E-state index contributed by atoms with van der Waals surface area (Å²) in [6.07, 6.45) is 1.52. The molecule has 1 heterocycles. The Balaban J connectivity index is 1.65. The number of anilines is 1. The Morgan fingerprint density at radius 3 is 2.39 bits per heavy atom. The number of hydrogen-bond acceptors (Lipinski definition) is 3. The van der Waals surface area contributed by atoms with Crippen molar-refractivity contribution in [3.63, 3.8) is 0 Å². The van der Waals surface area contributed by atoms with Crippen molar-refractivity contribution in [2.24, 2.45) is 0 Å². The first kappa shape index (κ1) is 20.8. The van der Waals surface area contributed by atoms with Crippen LogP contribution in [0, 0.1) is 12.7 Å². The molecular formula is C24H21FN2O3S. The lowest BCUT2D eigenvalue weighted by atomic mass is 10.1. The fourth-order valence-electron chi connectivity index (χ4n) is 3.53. The van der Waals surface area contributed by atoms with Gasteiger partial charge >= 0.3 is 0 Å². The summed E-state index contributed by atoms with van der Waals surface area (Å²) < 4.78 is 41.2. The highest BCUT2D eigenvalue weighted by molar-refractivity contribution is 7.90. The molecule has 0 atom stereocenters. The van der Waals surface area contributed by atoms with Gasteiger partial charge in [0.25, 0.3) is 0 Å². The van der Waals surface area contributed by atoms with Crippen LogP contribution in [0.15, 0.2) is 83.9 Å². The molecule has 0 bridgehead atoms. The Labute approximate surface area is 180 Å². The third-order valence-electron chi connectivity index (χ3n) is 5.14. The van der Waals surface area contributed by atoms with Crippen molar-refractivity contribution >= 4 is 32.3 Å². The quantitative estimate of drug-likeness (QED) is 0.476. The van der Waals surface area contributed by atoms with E-state index in [-0.39, 0.29) is 23.1 Å². The molecule has 5 nitrogen and oxygen atoms in total. The van der Waals surface area contributed by atoms with E-state index in [4.69, 9.17) is 0 Å². The summed E-state index contributed by atoms with van der Waals surface area (Å²) in [5.74, 6) is -0.844. The molecule has 0 fully saturated rings. The van der Waals surface area contributed by atoms with Crippen LogP contribution in [0.4, 0.5) is 10.1 Å². The third kappa shape index (κ3) is 4.51. The van der Waals surface area contributed by atoms with Crippen LogP contribution in [0.3, 0.4) is 0 Å². The van der Waals surface area contributed by atoms with Gasteiger partial charge in [0.1, 0.15) is 12.4 Å². The molecule has 31 heavy (non-hydrogen) atoms.